The topological polar surface area (TPSA) is 154 Å². The minimum Gasteiger partial charge on any atom is -0.272 e. The summed E-state index contributed by atoms with van der Waals surface area (Å²) in [5.41, 5.74) is 1.94. The van der Waals surface area contributed by atoms with Crippen molar-refractivity contribution in [3.63, 3.8) is 0 Å². The van der Waals surface area contributed by atoms with Gasteiger partial charge in [-0.2, -0.15) is 5.10 Å². The van der Waals surface area contributed by atoms with Crippen molar-refractivity contribution in [2.45, 2.75) is 0 Å². The Kier molecular flexibility index (Phi) is 4.75. The molecule has 0 aliphatic rings. The molecule has 0 heterocycles. The standard InChI is InChI=1S/C13H9N5O6/c19-16(20)10-3-1-9(2-4-10)8-14-15-12-6-5-11(17(21)22)7-13(12)18(23)24/h1-8,15H/b14-8+. The molecule has 1 N–H and O–H groups in total. The first-order valence-electron chi connectivity index (χ1n) is 6.35. The van der Waals surface area contributed by atoms with E-state index in [9.17, 15) is 30.3 Å². The number of rotatable bonds is 6. The third-order valence-electron chi connectivity index (χ3n) is 2.89. The zero-order valence-corrected chi connectivity index (χ0v) is 11.9. The molecule has 0 spiro atoms. The lowest BCUT2D eigenvalue weighted by molar-refractivity contribution is -0.393. The Hall–Kier alpha value is -3.89. The van der Waals surface area contributed by atoms with Crippen molar-refractivity contribution in [2.75, 3.05) is 5.43 Å². The maximum absolute atomic E-state index is 11.0. The van der Waals surface area contributed by atoms with Gasteiger partial charge in [0.1, 0.15) is 5.69 Å². The first kappa shape index (κ1) is 16.5. The Labute approximate surface area is 133 Å². The van der Waals surface area contributed by atoms with Gasteiger partial charge in [-0.1, -0.05) is 0 Å². The fraction of sp³-hybridized carbons (Fsp3) is 0. The van der Waals surface area contributed by atoms with Crippen molar-refractivity contribution in [1.29, 1.82) is 0 Å². The molecular weight excluding hydrogens is 322 g/mol. The molecule has 0 aliphatic carbocycles. The molecule has 2 aromatic rings. The zero-order chi connectivity index (χ0) is 17.7. The summed E-state index contributed by atoms with van der Waals surface area (Å²) in [6.07, 6.45) is 1.30. The van der Waals surface area contributed by atoms with Crippen LogP contribution in [0, 0.1) is 30.3 Å². The lowest BCUT2D eigenvalue weighted by atomic mass is 10.2. The Morgan fingerprint density at radius 3 is 1.96 bits per heavy atom. The van der Waals surface area contributed by atoms with E-state index >= 15 is 0 Å². The van der Waals surface area contributed by atoms with Crippen LogP contribution in [0.5, 0.6) is 0 Å². The highest BCUT2D eigenvalue weighted by Gasteiger charge is 2.19. The molecule has 11 heteroatoms. The Morgan fingerprint density at radius 2 is 1.42 bits per heavy atom. The van der Waals surface area contributed by atoms with E-state index in [0.29, 0.717) is 5.56 Å². The molecule has 11 nitrogen and oxygen atoms in total. The smallest absolute Gasteiger partial charge is 0.272 e. The Bertz CT molecular complexity index is 833. The number of hydrogen-bond donors (Lipinski definition) is 1. The van der Waals surface area contributed by atoms with Crippen LogP contribution in [0.1, 0.15) is 5.56 Å². The molecule has 0 bridgehead atoms. The maximum Gasteiger partial charge on any atom is 0.301 e. The van der Waals surface area contributed by atoms with Crippen molar-refractivity contribution in [1.82, 2.24) is 0 Å². The van der Waals surface area contributed by atoms with E-state index < -0.39 is 26.1 Å². The molecule has 0 saturated carbocycles. The van der Waals surface area contributed by atoms with Gasteiger partial charge in [0.25, 0.3) is 11.4 Å². The summed E-state index contributed by atoms with van der Waals surface area (Å²) in [6.45, 7) is 0. The summed E-state index contributed by atoms with van der Waals surface area (Å²) >= 11 is 0. The van der Waals surface area contributed by atoms with Crippen LogP contribution in [0.3, 0.4) is 0 Å². The van der Waals surface area contributed by atoms with Crippen LogP contribution >= 0.6 is 0 Å². The fourth-order valence-electron chi connectivity index (χ4n) is 1.74. The summed E-state index contributed by atoms with van der Waals surface area (Å²) in [5, 5.41) is 35.9. The van der Waals surface area contributed by atoms with Crippen LogP contribution in [-0.2, 0) is 0 Å². The highest BCUT2D eigenvalue weighted by atomic mass is 16.6. The Balaban J connectivity index is 2.17. The van der Waals surface area contributed by atoms with Gasteiger partial charge in [0.15, 0.2) is 0 Å². The first-order valence-corrected chi connectivity index (χ1v) is 6.35. The van der Waals surface area contributed by atoms with Gasteiger partial charge in [-0.3, -0.25) is 35.8 Å². The van der Waals surface area contributed by atoms with Crippen LogP contribution in [0.2, 0.25) is 0 Å². The zero-order valence-electron chi connectivity index (χ0n) is 11.9. The lowest BCUT2D eigenvalue weighted by Gasteiger charge is -2.01. The van der Waals surface area contributed by atoms with E-state index in [0.717, 1.165) is 12.1 Å². The second-order valence-corrected chi connectivity index (χ2v) is 4.43. The van der Waals surface area contributed by atoms with Crippen LogP contribution in [0.25, 0.3) is 0 Å². The van der Waals surface area contributed by atoms with E-state index in [1.165, 1.54) is 36.5 Å². The summed E-state index contributed by atoms with van der Waals surface area (Å²) in [6, 6.07) is 8.58. The Morgan fingerprint density at radius 1 is 0.833 bits per heavy atom. The van der Waals surface area contributed by atoms with E-state index in [1.54, 1.807) is 0 Å². The quantitative estimate of drug-likeness (QED) is 0.484. The van der Waals surface area contributed by atoms with Crippen molar-refractivity contribution in [2.24, 2.45) is 5.10 Å². The molecule has 0 atom stereocenters. The number of nitrogens with one attached hydrogen (secondary N) is 1. The minimum absolute atomic E-state index is 0.0243. The largest absolute Gasteiger partial charge is 0.301 e. The molecule has 0 fully saturated rings. The predicted molar refractivity (Wildman–Crippen MR) is 84.1 cm³/mol. The van der Waals surface area contributed by atoms with Crippen LogP contribution in [-0.4, -0.2) is 21.0 Å². The highest BCUT2D eigenvalue weighted by Crippen LogP contribution is 2.28. The number of hydrazone groups is 1. The van der Waals surface area contributed by atoms with Crippen LogP contribution in [0.15, 0.2) is 47.6 Å². The second-order valence-electron chi connectivity index (χ2n) is 4.43. The van der Waals surface area contributed by atoms with Crippen molar-refractivity contribution < 1.29 is 14.8 Å². The maximum atomic E-state index is 11.0. The molecule has 2 rings (SSSR count). The number of nitro groups is 3. The monoisotopic (exact) mass is 331 g/mol. The van der Waals surface area contributed by atoms with Crippen molar-refractivity contribution in [3.05, 3.63) is 78.4 Å². The van der Waals surface area contributed by atoms with Crippen LogP contribution in [0.4, 0.5) is 22.7 Å². The van der Waals surface area contributed by atoms with Gasteiger partial charge in [-0.05, 0) is 23.8 Å². The lowest BCUT2D eigenvalue weighted by Crippen LogP contribution is -1.98. The van der Waals surface area contributed by atoms with Crippen LogP contribution < -0.4 is 5.43 Å². The van der Waals surface area contributed by atoms with E-state index in [2.05, 4.69) is 10.5 Å². The number of nitro benzene ring substituents is 3. The van der Waals surface area contributed by atoms with Gasteiger partial charge in [0, 0.05) is 18.2 Å². The van der Waals surface area contributed by atoms with E-state index in [1.807, 2.05) is 0 Å². The summed E-state index contributed by atoms with van der Waals surface area (Å²) in [5.74, 6) is 0. The second kappa shape index (κ2) is 6.91. The predicted octanol–water partition coefficient (Wildman–Crippen LogP) is 2.86. The van der Waals surface area contributed by atoms with Gasteiger partial charge in [0.05, 0.1) is 27.1 Å². The van der Waals surface area contributed by atoms with Gasteiger partial charge in [-0.25, -0.2) is 0 Å². The number of non-ortho nitro benzene ring substituents is 2. The number of benzene rings is 2. The highest BCUT2D eigenvalue weighted by molar-refractivity contribution is 5.81. The SMILES string of the molecule is O=[N+]([O-])c1ccc(/C=N/Nc2ccc([N+](=O)[O-])cc2[N+](=O)[O-])cc1. The molecular formula is C13H9N5O6. The molecule has 0 aliphatic heterocycles. The summed E-state index contributed by atoms with van der Waals surface area (Å²) < 4.78 is 0. The van der Waals surface area contributed by atoms with Gasteiger partial charge in [-0.15, -0.1) is 0 Å². The van der Waals surface area contributed by atoms with Crippen molar-refractivity contribution in [3.8, 4) is 0 Å². The molecule has 122 valence electrons. The van der Waals surface area contributed by atoms with Crippen molar-refractivity contribution >= 4 is 29.0 Å². The average Bonchev–Trinajstić information content (AvgIpc) is 2.55. The summed E-state index contributed by atoms with van der Waals surface area (Å²) in [7, 11) is 0. The average molecular weight is 331 g/mol. The van der Waals surface area contributed by atoms with Gasteiger partial charge >= 0.3 is 5.69 Å². The number of hydrogen-bond acceptors (Lipinski definition) is 8. The van der Waals surface area contributed by atoms with E-state index in [-0.39, 0.29) is 11.4 Å². The molecule has 0 amide bonds. The van der Waals surface area contributed by atoms with Gasteiger partial charge in [0.2, 0.25) is 0 Å². The number of anilines is 1. The number of nitrogens with zero attached hydrogens (tertiary/aromatic N) is 4. The first-order chi connectivity index (χ1) is 11.4. The normalized spacial score (nSPS) is 10.5. The molecule has 0 aromatic heterocycles. The molecule has 24 heavy (non-hydrogen) atoms. The van der Waals surface area contributed by atoms with Gasteiger partial charge < -0.3 is 0 Å². The third kappa shape index (κ3) is 3.85. The van der Waals surface area contributed by atoms with E-state index in [4.69, 9.17) is 0 Å². The molecule has 0 radical (unpaired) electrons. The molecule has 0 saturated heterocycles. The minimum atomic E-state index is -0.767. The molecule has 0 unspecified atom stereocenters. The summed E-state index contributed by atoms with van der Waals surface area (Å²) in [4.78, 5) is 30.1. The fourth-order valence-corrected chi connectivity index (χ4v) is 1.74. The molecule has 2 aromatic carbocycles. The third-order valence-corrected chi connectivity index (χ3v) is 2.89.